The van der Waals surface area contributed by atoms with Crippen LogP contribution in [0, 0.1) is 5.82 Å². The molecule has 1 atom stereocenters. The summed E-state index contributed by atoms with van der Waals surface area (Å²) in [6.07, 6.45) is 1.88. The minimum absolute atomic E-state index is 0.372. The lowest BCUT2D eigenvalue weighted by Crippen LogP contribution is -2.44. The van der Waals surface area contributed by atoms with Crippen molar-refractivity contribution in [3.05, 3.63) is 66.0 Å². The summed E-state index contributed by atoms with van der Waals surface area (Å²) in [6.45, 7) is 1.58. The summed E-state index contributed by atoms with van der Waals surface area (Å²) in [4.78, 5) is 39.0. The molecular formula is C21H22FN3O3. The van der Waals surface area contributed by atoms with Gasteiger partial charge in [0.15, 0.2) is 0 Å². The Bertz CT molecular complexity index is 870. The van der Waals surface area contributed by atoms with Gasteiger partial charge < -0.3 is 10.6 Å². The fourth-order valence-electron chi connectivity index (χ4n) is 3.32. The summed E-state index contributed by atoms with van der Waals surface area (Å²) in [7, 11) is 0. The van der Waals surface area contributed by atoms with E-state index in [0.717, 1.165) is 11.3 Å². The number of carbonyl (C=O) groups excluding carboxylic acids is 3. The van der Waals surface area contributed by atoms with Gasteiger partial charge in [0.05, 0.1) is 0 Å². The number of imide groups is 1. The molecule has 1 heterocycles. The van der Waals surface area contributed by atoms with E-state index in [9.17, 15) is 18.8 Å². The third kappa shape index (κ3) is 3.88. The highest BCUT2D eigenvalue weighted by Gasteiger charge is 2.52. The molecule has 2 aromatic carbocycles. The molecule has 0 aliphatic carbocycles. The van der Waals surface area contributed by atoms with Crippen LogP contribution in [0.3, 0.4) is 0 Å². The fourth-order valence-corrected chi connectivity index (χ4v) is 3.32. The first kappa shape index (κ1) is 19.5. The van der Waals surface area contributed by atoms with Crippen molar-refractivity contribution in [3.8, 4) is 0 Å². The van der Waals surface area contributed by atoms with Gasteiger partial charge in [-0.3, -0.25) is 14.5 Å². The smallest absolute Gasteiger partial charge is 0.325 e. The topological polar surface area (TPSA) is 78.5 Å². The van der Waals surface area contributed by atoms with Crippen LogP contribution in [0.4, 0.5) is 14.9 Å². The molecule has 146 valence electrons. The molecule has 0 spiro atoms. The van der Waals surface area contributed by atoms with Gasteiger partial charge in [0.1, 0.15) is 17.9 Å². The van der Waals surface area contributed by atoms with Crippen molar-refractivity contribution in [1.29, 1.82) is 0 Å². The Morgan fingerprint density at radius 2 is 1.79 bits per heavy atom. The van der Waals surface area contributed by atoms with E-state index >= 15 is 0 Å². The molecule has 1 saturated heterocycles. The third-order valence-corrected chi connectivity index (χ3v) is 4.78. The molecule has 0 aromatic heterocycles. The van der Waals surface area contributed by atoms with E-state index < -0.39 is 35.7 Å². The van der Waals surface area contributed by atoms with Crippen LogP contribution in [0.5, 0.6) is 0 Å². The predicted octanol–water partition coefficient (Wildman–Crippen LogP) is 3.40. The molecule has 1 fully saturated rings. The highest BCUT2D eigenvalue weighted by Crippen LogP contribution is 2.34. The zero-order chi connectivity index (χ0) is 20.1. The maximum Gasteiger partial charge on any atom is 0.325 e. The molecule has 1 aliphatic heterocycles. The number of rotatable bonds is 7. The molecular weight excluding hydrogens is 361 g/mol. The standard InChI is InChI=1S/C21H22FN3O3/c1-2-3-13-21(15-9-11-16(22)12-10-15)19(27)25(20(28)24-21)14-18(26)23-17-7-5-4-6-8-17/h4-12H,2-3,13-14H2,1H3,(H,23,26)(H,24,28)/t21-/m0/s1. The summed E-state index contributed by atoms with van der Waals surface area (Å²) >= 11 is 0. The van der Waals surface area contributed by atoms with Crippen LogP contribution in [-0.4, -0.2) is 29.3 Å². The summed E-state index contributed by atoms with van der Waals surface area (Å²) < 4.78 is 13.3. The van der Waals surface area contributed by atoms with Gasteiger partial charge in [-0.25, -0.2) is 9.18 Å². The molecule has 6 nitrogen and oxygen atoms in total. The summed E-state index contributed by atoms with van der Waals surface area (Å²) in [5, 5.41) is 5.41. The molecule has 0 saturated carbocycles. The van der Waals surface area contributed by atoms with E-state index in [0.29, 0.717) is 24.1 Å². The highest BCUT2D eigenvalue weighted by atomic mass is 19.1. The van der Waals surface area contributed by atoms with Gasteiger partial charge in [0.25, 0.3) is 5.91 Å². The average Bonchev–Trinajstić information content (AvgIpc) is 2.93. The molecule has 2 N–H and O–H groups in total. The van der Waals surface area contributed by atoms with Gasteiger partial charge in [0, 0.05) is 5.69 Å². The zero-order valence-electron chi connectivity index (χ0n) is 15.6. The minimum Gasteiger partial charge on any atom is -0.325 e. The Balaban J connectivity index is 1.82. The Hall–Kier alpha value is -3.22. The second kappa shape index (κ2) is 8.21. The van der Waals surface area contributed by atoms with Gasteiger partial charge in [0.2, 0.25) is 5.91 Å². The highest BCUT2D eigenvalue weighted by molar-refractivity contribution is 6.10. The van der Waals surface area contributed by atoms with Crippen LogP contribution in [-0.2, 0) is 15.1 Å². The first-order valence-corrected chi connectivity index (χ1v) is 9.21. The molecule has 0 unspecified atom stereocenters. The number of amides is 4. The fraction of sp³-hybridized carbons (Fsp3) is 0.286. The lowest BCUT2D eigenvalue weighted by molar-refractivity contribution is -0.134. The van der Waals surface area contributed by atoms with E-state index in [1.165, 1.54) is 24.3 Å². The molecule has 4 amide bonds. The quantitative estimate of drug-likeness (QED) is 0.720. The second-order valence-corrected chi connectivity index (χ2v) is 6.75. The lowest BCUT2D eigenvalue weighted by Gasteiger charge is -2.27. The summed E-state index contributed by atoms with van der Waals surface area (Å²) in [6, 6.07) is 13.7. The number of para-hydroxylation sites is 1. The molecule has 28 heavy (non-hydrogen) atoms. The number of hydrogen-bond acceptors (Lipinski definition) is 3. The monoisotopic (exact) mass is 383 g/mol. The van der Waals surface area contributed by atoms with E-state index in [1.54, 1.807) is 24.3 Å². The van der Waals surface area contributed by atoms with Crippen molar-refractivity contribution in [2.45, 2.75) is 31.7 Å². The Labute approximate surface area is 162 Å². The van der Waals surface area contributed by atoms with Crippen LogP contribution in [0.1, 0.15) is 31.7 Å². The molecule has 0 radical (unpaired) electrons. The van der Waals surface area contributed by atoms with Crippen molar-refractivity contribution in [3.63, 3.8) is 0 Å². The first-order valence-electron chi connectivity index (χ1n) is 9.21. The normalized spacial score (nSPS) is 18.9. The van der Waals surface area contributed by atoms with Crippen molar-refractivity contribution >= 4 is 23.5 Å². The van der Waals surface area contributed by atoms with Gasteiger partial charge >= 0.3 is 6.03 Å². The SMILES string of the molecule is CCCC[C@@]1(c2ccc(F)cc2)NC(=O)N(CC(=O)Nc2ccccc2)C1=O. The summed E-state index contributed by atoms with van der Waals surface area (Å²) in [5.41, 5.74) is -0.199. The second-order valence-electron chi connectivity index (χ2n) is 6.75. The van der Waals surface area contributed by atoms with Gasteiger partial charge in [-0.1, -0.05) is 50.1 Å². The zero-order valence-corrected chi connectivity index (χ0v) is 15.6. The lowest BCUT2D eigenvalue weighted by atomic mass is 9.85. The maximum atomic E-state index is 13.3. The van der Waals surface area contributed by atoms with Gasteiger partial charge in [-0.15, -0.1) is 0 Å². The number of halogens is 1. The van der Waals surface area contributed by atoms with Crippen LogP contribution >= 0.6 is 0 Å². The molecule has 1 aliphatic rings. The first-order chi connectivity index (χ1) is 13.5. The largest absolute Gasteiger partial charge is 0.325 e. The Morgan fingerprint density at radius 3 is 2.43 bits per heavy atom. The van der Waals surface area contributed by atoms with Crippen molar-refractivity contribution in [2.75, 3.05) is 11.9 Å². The van der Waals surface area contributed by atoms with Crippen molar-refractivity contribution in [2.24, 2.45) is 0 Å². The van der Waals surface area contributed by atoms with Crippen molar-refractivity contribution < 1.29 is 18.8 Å². The van der Waals surface area contributed by atoms with Crippen LogP contribution in [0.2, 0.25) is 0 Å². The van der Waals surface area contributed by atoms with Crippen molar-refractivity contribution in [1.82, 2.24) is 10.2 Å². The minimum atomic E-state index is -1.28. The van der Waals surface area contributed by atoms with Crippen LogP contribution in [0.15, 0.2) is 54.6 Å². The Kier molecular flexibility index (Phi) is 5.73. The number of benzene rings is 2. The molecule has 2 aromatic rings. The average molecular weight is 383 g/mol. The van der Waals surface area contributed by atoms with E-state index in [-0.39, 0.29) is 0 Å². The number of nitrogens with one attached hydrogen (secondary N) is 2. The van der Waals surface area contributed by atoms with E-state index in [2.05, 4.69) is 10.6 Å². The summed E-state index contributed by atoms with van der Waals surface area (Å²) in [5.74, 6) is -1.40. The number of anilines is 1. The predicted molar refractivity (Wildman–Crippen MR) is 103 cm³/mol. The maximum absolute atomic E-state index is 13.3. The Morgan fingerprint density at radius 1 is 1.11 bits per heavy atom. The number of urea groups is 1. The molecule has 0 bridgehead atoms. The van der Waals surface area contributed by atoms with Crippen LogP contribution in [0.25, 0.3) is 0 Å². The third-order valence-electron chi connectivity index (χ3n) is 4.78. The van der Waals surface area contributed by atoms with E-state index in [1.807, 2.05) is 13.0 Å². The number of unbranched alkanes of at least 4 members (excludes halogenated alkanes) is 1. The van der Waals surface area contributed by atoms with Crippen LogP contribution < -0.4 is 10.6 Å². The van der Waals surface area contributed by atoms with E-state index in [4.69, 9.17) is 0 Å². The number of nitrogens with zero attached hydrogens (tertiary/aromatic N) is 1. The van der Waals surface area contributed by atoms with Gasteiger partial charge in [-0.2, -0.15) is 0 Å². The number of carbonyl (C=O) groups is 3. The molecule has 7 heteroatoms. The molecule has 3 rings (SSSR count). The number of hydrogen-bond donors (Lipinski definition) is 2. The van der Waals surface area contributed by atoms with Gasteiger partial charge in [-0.05, 0) is 36.2 Å².